The molecule has 0 unspecified atom stereocenters. The first kappa shape index (κ1) is 20.9. The Morgan fingerprint density at radius 1 is 1.04 bits per heavy atom. The fraction of sp³-hybridized carbons (Fsp3) is 0.211. The molecule has 28 heavy (non-hydrogen) atoms. The van der Waals surface area contributed by atoms with Crippen LogP contribution >= 0.6 is 0 Å². The highest BCUT2D eigenvalue weighted by atomic mass is 19.4. The van der Waals surface area contributed by atoms with Crippen molar-refractivity contribution in [2.75, 3.05) is 5.32 Å². The summed E-state index contributed by atoms with van der Waals surface area (Å²) in [7, 11) is 0. The standard InChI is InChI=1S/C19H17F3N2O4/c1-11(25)23-15-5-3-2-4-14(15)17(26)24-16(18(27)28)10-12-6-8-13(9-7-12)19(20,21)22/h2-9,16H,10H2,1H3,(H,23,25)(H,24,26)(H,27,28)/t16-/m1/s1. The monoisotopic (exact) mass is 394 g/mol. The molecule has 148 valence electrons. The fourth-order valence-electron chi connectivity index (χ4n) is 2.48. The van der Waals surface area contributed by atoms with Crippen molar-refractivity contribution in [2.45, 2.75) is 25.6 Å². The minimum absolute atomic E-state index is 0.0661. The van der Waals surface area contributed by atoms with Crippen LogP contribution < -0.4 is 10.6 Å². The van der Waals surface area contributed by atoms with Crippen LogP contribution in [0.15, 0.2) is 48.5 Å². The van der Waals surface area contributed by atoms with Crippen LogP contribution in [0.5, 0.6) is 0 Å². The van der Waals surface area contributed by atoms with E-state index in [1.54, 1.807) is 12.1 Å². The number of aliphatic carboxylic acids is 1. The van der Waals surface area contributed by atoms with Crippen LogP contribution in [0.2, 0.25) is 0 Å². The smallest absolute Gasteiger partial charge is 0.416 e. The van der Waals surface area contributed by atoms with Crippen molar-refractivity contribution in [3.05, 3.63) is 65.2 Å². The Morgan fingerprint density at radius 3 is 2.18 bits per heavy atom. The third-order valence-corrected chi connectivity index (χ3v) is 3.81. The number of anilines is 1. The molecule has 2 amide bonds. The summed E-state index contributed by atoms with van der Waals surface area (Å²) in [6.45, 7) is 1.26. The lowest BCUT2D eigenvalue weighted by Crippen LogP contribution is -2.42. The van der Waals surface area contributed by atoms with E-state index in [0.717, 1.165) is 24.3 Å². The molecule has 0 saturated heterocycles. The summed E-state index contributed by atoms with van der Waals surface area (Å²) in [6.07, 6.45) is -4.70. The number of carbonyl (C=O) groups excluding carboxylic acids is 2. The Balaban J connectivity index is 2.16. The summed E-state index contributed by atoms with van der Waals surface area (Å²) in [5, 5.41) is 14.2. The molecule has 2 aromatic rings. The highest BCUT2D eigenvalue weighted by Gasteiger charge is 2.30. The number of carboxylic acids is 1. The SMILES string of the molecule is CC(=O)Nc1ccccc1C(=O)N[C@H](Cc1ccc(C(F)(F)F)cc1)C(=O)O. The molecule has 0 radical (unpaired) electrons. The van der Waals surface area contributed by atoms with Gasteiger partial charge in [0.25, 0.3) is 5.91 Å². The number of halogens is 3. The van der Waals surface area contributed by atoms with Gasteiger partial charge in [0.1, 0.15) is 6.04 Å². The van der Waals surface area contributed by atoms with Crippen LogP contribution in [-0.4, -0.2) is 28.9 Å². The topological polar surface area (TPSA) is 95.5 Å². The highest BCUT2D eigenvalue weighted by molar-refractivity contribution is 6.04. The zero-order chi connectivity index (χ0) is 20.9. The Morgan fingerprint density at radius 2 is 1.64 bits per heavy atom. The first-order valence-electron chi connectivity index (χ1n) is 8.14. The number of amides is 2. The van der Waals surface area contributed by atoms with Crippen molar-refractivity contribution < 1.29 is 32.7 Å². The maximum atomic E-state index is 12.6. The van der Waals surface area contributed by atoms with Crippen molar-refractivity contribution in [1.82, 2.24) is 5.32 Å². The number of carboxylic acid groups (broad SMARTS) is 1. The highest BCUT2D eigenvalue weighted by Crippen LogP contribution is 2.29. The van der Waals surface area contributed by atoms with E-state index in [-0.39, 0.29) is 17.7 Å². The molecule has 0 heterocycles. The second-order valence-corrected chi connectivity index (χ2v) is 5.99. The van der Waals surface area contributed by atoms with Crippen LogP contribution in [0.3, 0.4) is 0 Å². The number of hydrogen-bond donors (Lipinski definition) is 3. The first-order chi connectivity index (χ1) is 13.1. The number of benzene rings is 2. The molecule has 0 spiro atoms. The van der Waals surface area contributed by atoms with Crippen molar-refractivity contribution >= 4 is 23.5 Å². The molecule has 0 bridgehead atoms. The van der Waals surface area contributed by atoms with Crippen molar-refractivity contribution in [2.24, 2.45) is 0 Å². The molecule has 0 aliphatic rings. The maximum Gasteiger partial charge on any atom is 0.416 e. The van der Waals surface area contributed by atoms with Gasteiger partial charge in [-0.15, -0.1) is 0 Å². The van der Waals surface area contributed by atoms with Gasteiger partial charge in [0.15, 0.2) is 0 Å². The van der Waals surface area contributed by atoms with Gasteiger partial charge in [-0.05, 0) is 29.8 Å². The van der Waals surface area contributed by atoms with Gasteiger partial charge >= 0.3 is 12.1 Å². The molecule has 0 aromatic heterocycles. The summed E-state index contributed by atoms with van der Waals surface area (Å²) in [5.74, 6) is -2.48. The normalized spacial score (nSPS) is 12.1. The van der Waals surface area contributed by atoms with Gasteiger partial charge in [-0.1, -0.05) is 24.3 Å². The van der Waals surface area contributed by atoms with Gasteiger partial charge < -0.3 is 15.7 Å². The summed E-state index contributed by atoms with van der Waals surface area (Å²) in [6, 6.07) is 8.70. The minimum Gasteiger partial charge on any atom is -0.480 e. The molecule has 1 atom stereocenters. The minimum atomic E-state index is -4.49. The molecule has 2 aromatic carbocycles. The molecule has 0 saturated carbocycles. The van der Waals surface area contributed by atoms with Gasteiger partial charge in [0.05, 0.1) is 16.8 Å². The van der Waals surface area contributed by atoms with E-state index in [2.05, 4.69) is 10.6 Å². The average Bonchev–Trinajstić information content (AvgIpc) is 2.60. The first-order valence-corrected chi connectivity index (χ1v) is 8.14. The molecular weight excluding hydrogens is 377 g/mol. The third-order valence-electron chi connectivity index (χ3n) is 3.81. The molecule has 3 N–H and O–H groups in total. The van der Waals surface area contributed by atoms with E-state index < -0.39 is 35.6 Å². The Kier molecular flexibility index (Phi) is 6.40. The Hall–Kier alpha value is -3.36. The number of carbonyl (C=O) groups is 3. The lowest BCUT2D eigenvalue weighted by atomic mass is 10.0. The van der Waals surface area contributed by atoms with Crippen LogP contribution in [0.4, 0.5) is 18.9 Å². The van der Waals surface area contributed by atoms with E-state index >= 15 is 0 Å². The van der Waals surface area contributed by atoms with E-state index in [1.807, 2.05) is 0 Å². The van der Waals surface area contributed by atoms with Crippen LogP contribution in [0.25, 0.3) is 0 Å². The summed E-state index contributed by atoms with van der Waals surface area (Å²) in [5.41, 5.74) is -0.255. The number of rotatable bonds is 6. The summed E-state index contributed by atoms with van der Waals surface area (Å²) < 4.78 is 37.9. The van der Waals surface area contributed by atoms with E-state index in [1.165, 1.54) is 19.1 Å². The second-order valence-electron chi connectivity index (χ2n) is 5.99. The molecule has 9 heteroatoms. The van der Waals surface area contributed by atoms with Gasteiger partial charge in [-0.2, -0.15) is 13.2 Å². The summed E-state index contributed by atoms with van der Waals surface area (Å²) >= 11 is 0. The van der Waals surface area contributed by atoms with Gasteiger partial charge in [-0.3, -0.25) is 9.59 Å². The number of hydrogen-bond acceptors (Lipinski definition) is 3. The van der Waals surface area contributed by atoms with Gasteiger partial charge in [-0.25, -0.2) is 4.79 Å². The maximum absolute atomic E-state index is 12.6. The van der Waals surface area contributed by atoms with Crippen LogP contribution in [0.1, 0.15) is 28.4 Å². The lowest BCUT2D eigenvalue weighted by molar-refractivity contribution is -0.139. The number of alkyl halides is 3. The molecule has 2 rings (SSSR count). The molecular formula is C19H17F3N2O4. The zero-order valence-electron chi connectivity index (χ0n) is 14.7. The van der Waals surface area contributed by atoms with Crippen LogP contribution in [0, 0.1) is 0 Å². The summed E-state index contributed by atoms with van der Waals surface area (Å²) in [4.78, 5) is 35.2. The predicted octanol–water partition coefficient (Wildman–Crippen LogP) is 3.09. The van der Waals surface area contributed by atoms with Gasteiger partial charge in [0.2, 0.25) is 5.91 Å². The molecule has 0 fully saturated rings. The van der Waals surface area contributed by atoms with Crippen molar-refractivity contribution in [3.8, 4) is 0 Å². The van der Waals surface area contributed by atoms with Crippen molar-refractivity contribution in [3.63, 3.8) is 0 Å². The number of nitrogens with one attached hydrogen (secondary N) is 2. The zero-order valence-corrected chi connectivity index (χ0v) is 14.7. The van der Waals surface area contributed by atoms with Crippen LogP contribution in [-0.2, 0) is 22.2 Å². The molecule has 0 aliphatic carbocycles. The fourth-order valence-corrected chi connectivity index (χ4v) is 2.48. The third kappa shape index (κ3) is 5.57. The molecule has 6 nitrogen and oxygen atoms in total. The Labute approximate surface area is 158 Å². The second kappa shape index (κ2) is 8.55. The quantitative estimate of drug-likeness (QED) is 0.702. The average molecular weight is 394 g/mol. The number of para-hydroxylation sites is 1. The van der Waals surface area contributed by atoms with E-state index in [0.29, 0.717) is 5.56 Å². The van der Waals surface area contributed by atoms with Gasteiger partial charge in [0, 0.05) is 13.3 Å². The van der Waals surface area contributed by atoms with E-state index in [4.69, 9.17) is 0 Å². The largest absolute Gasteiger partial charge is 0.480 e. The molecule has 0 aliphatic heterocycles. The van der Waals surface area contributed by atoms with E-state index in [9.17, 15) is 32.7 Å². The van der Waals surface area contributed by atoms with Crippen molar-refractivity contribution in [1.29, 1.82) is 0 Å². The lowest BCUT2D eigenvalue weighted by Gasteiger charge is -2.17. The Bertz CT molecular complexity index is 879. The predicted molar refractivity (Wildman–Crippen MR) is 94.8 cm³/mol.